The van der Waals surface area contributed by atoms with E-state index in [-0.39, 0.29) is 5.91 Å². The Balaban J connectivity index is 1.68. The Labute approximate surface area is 143 Å². The quantitative estimate of drug-likeness (QED) is 0.551. The standard InChI is InChI=1S/C14H12Br2N2O2S/c15-11-3-1-10(2-4-11)8-21-9-14(19)18-17-7-12-5-6-13(16)20-12/h1-7H,8-9H2,(H,18,19). The van der Waals surface area contributed by atoms with Gasteiger partial charge in [-0.1, -0.05) is 28.1 Å². The fourth-order valence-corrected chi connectivity index (χ4v) is 2.80. The van der Waals surface area contributed by atoms with E-state index in [1.165, 1.54) is 23.5 Å². The molecule has 0 bridgehead atoms. The van der Waals surface area contributed by atoms with Gasteiger partial charge in [-0.2, -0.15) is 5.10 Å². The Hall–Kier alpha value is -1.05. The Morgan fingerprint density at radius 3 is 2.67 bits per heavy atom. The number of amides is 1. The zero-order valence-electron chi connectivity index (χ0n) is 10.9. The smallest absolute Gasteiger partial charge is 0.250 e. The fraction of sp³-hybridized carbons (Fsp3) is 0.143. The van der Waals surface area contributed by atoms with Gasteiger partial charge in [0.25, 0.3) is 0 Å². The third-order valence-electron chi connectivity index (χ3n) is 2.39. The Morgan fingerprint density at radius 1 is 1.24 bits per heavy atom. The summed E-state index contributed by atoms with van der Waals surface area (Å²) in [6, 6.07) is 11.5. The maximum atomic E-state index is 11.6. The van der Waals surface area contributed by atoms with Crippen LogP contribution >= 0.6 is 43.6 Å². The van der Waals surface area contributed by atoms with Crippen LogP contribution in [0.15, 0.2) is 55.1 Å². The molecule has 0 atom stereocenters. The van der Waals surface area contributed by atoms with Gasteiger partial charge in [0.05, 0.1) is 12.0 Å². The van der Waals surface area contributed by atoms with Gasteiger partial charge < -0.3 is 4.42 Å². The molecule has 0 aliphatic heterocycles. The lowest BCUT2D eigenvalue weighted by Crippen LogP contribution is -2.19. The molecular formula is C14H12Br2N2O2S. The molecule has 110 valence electrons. The highest BCUT2D eigenvalue weighted by Crippen LogP contribution is 2.15. The van der Waals surface area contributed by atoms with E-state index in [1.807, 2.05) is 24.3 Å². The summed E-state index contributed by atoms with van der Waals surface area (Å²) < 4.78 is 6.90. The number of hydrazone groups is 1. The van der Waals surface area contributed by atoms with Gasteiger partial charge in [0.1, 0.15) is 5.76 Å². The van der Waals surface area contributed by atoms with Crippen molar-refractivity contribution in [1.82, 2.24) is 5.43 Å². The highest BCUT2D eigenvalue weighted by atomic mass is 79.9. The lowest BCUT2D eigenvalue weighted by molar-refractivity contribution is -0.118. The topological polar surface area (TPSA) is 54.6 Å². The van der Waals surface area contributed by atoms with Crippen molar-refractivity contribution in [3.63, 3.8) is 0 Å². The van der Waals surface area contributed by atoms with Gasteiger partial charge in [0, 0.05) is 10.2 Å². The van der Waals surface area contributed by atoms with E-state index in [4.69, 9.17) is 4.42 Å². The van der Waals surface area contributed by atoms with Gasteiger partial charge in [0.2, 0.25) is 5.91 Å². The number of benzene rings is 1. The number of furan rings is 1. The third-order valence-corrected chi connectivity index (χ3v) is 4.35. The average molecular weight is 432 g/mol. The van der Waals surface area contributed by atoms with Crippen LogP contribution < -0.4 is 5.43 Å². The molecule has 1 N–H and O–H groups in total. The molecule has 4 nitrogen and oxygen atoms in total. The molecule has 0 unspecified atom stereocenters. The van der Waals surface area contributed by atoms with Crippen molar-refractivity contribution < 1.29 is 9.21 Å². The first-order chi connectivity index (χ1) is 10.1. The van der Waals surface area contributed by atoms with Gasteiger partial charge in [-0.25, -0.2) is 5.43 Å². The van der Waals surface area contributed by atoms with E-state index in [1.54, 1.807) is 12.1 Å². The Kier molecular flexibility index (Phi) is 6.53. The summed E-state index contributed by atoms with van der Waals surface area (Å²) in [6.07, 6.45) is 1.46. The van der Waals surface area contributed by atoms with Gasteiger partial charge in [-0.3, -0.25) is 4.79 Å². The second-order valence-corrected chi connectivity index (χ2v) is 6.74. The summed E-state index contributed by atoms with van der Waals surface area (Å²) in [5, 5.41) is 3.83. The molecule has 1 aromatic carbocycles. The molecule has 0 saturated heterocycles. The van der Waals surface area contributed by atoms with Crippen LogP contribution in [0.2, 0.25) is 0 Å². The van der Waals surface area contributed by atoms with E-state index in [0.717, 1.165) is 10.2 Å². The van der Waals surface area contributed by atoms with Crippen LogP contribution in [0.4, 0.5) is 0 Å². The lowest BCUT2D eigenvalue weighted by Gasteiger charge is -2.01. The number of carbonyl (C=O) groups excluding carboxylic acids is 1. The van der Waals surface area contributed by atoms with Crippen molar-refractivity contribution >= 4 is 55.7 Å². The summed E-state index contributed by atoms with van der Waals surface area (Å²) in [5.74, 6) is 1.58. The molecule has 7 heteroatoms. The molecule has 1 aromatic heterocycles. The molecule has 2 rings (SSSR count). The molecule has 2 aromatic rings. The normalized spacial score (nSPS) is 11.0. The van der Waals surface area contributed by atoms with Crippen molar-refractivity contribution in [3.8, 4) is 0 Å². The number of thioether (sulfide) groups is 1. The number of rotatable bonds is 6. The average Bonchev–Trinajstić information content (AvgIpc) is 2.87. The van der Waals surface area contributed by atoms with E-state index >= 15 is 0 Å². The van der Waals surface area contributed by atoms with Crippen molar-refractivity contribution in [2.75, 3.05) is 5.75 Å². The van der Waals surface area contributed by atoms with Crippen molar-refractivity contribution in [2.45, 2.75) is 5.75 Å². The first-order valence-electron chi connectivity index (χ1n) is 6.03. The summed E-state index contributed by atoms with van der Waals surface area (Å²) >= 11 is 8.12. The predicted molar refractivity (Wildman–Crippen MR) is 92.4 cm³/mol. The van der Waals surface area contributed by atoms with E-state index in [9.17, 15) is 4.79 Å². The highest BCUT2D eigenvalue weighted by molar-refractivity contribution is 9.10. The Morgan fingerprint density at radius 2 is 2.00 bits per heavy atom. The SMILES string of the molecule is O=C(CSCc1ccc(Br)cc1)NN=Cc1ccc(Br)o1. The summed E-state index contributed by atoms with van der Waals surface area (Å²) in [7, 11) is 0. The molecule has 0 spiro atoms. The number of nitrogens with zero attached hydrogens (tertiary/aromatic N) is 1. The fourth-order valence-electron chi connectivity index (χ4n) is 1.44. The minimum Gasteiger partial charge on any atom is -0.448 e. The summed E-state index contributed by atoms with van der Waals surface area (Å²) in [5.41, 5.74) is 3.64. The maximum absolute atomic E-state index is 11.6. The monoisotopic (exact) mass is 430 g/mol. The number of halogens is 2. The molecule has 1 heterocycles. The zero-order chi connectivity index (χ0) is 15.1. The van der Waals surface area contributed by atoms with Gasteiger partial charge in [0.15, 0.2) is 4.67 Å². The van der Waals surface area contributed by atoms with Crippen molar-refractivity contribution in [1.29, 1.82) is 0 Å². The molecule has 1 amide bonds. The van der Waals surface area contributed by atoms with Gasteiger partial charge in [-0.15, -0.1) is 11.8 Å². The minimum atomic E-state index is -0.140. The second kappa shape index (κ2) is 8.41. The van der Waals surface area contributed by atoms with E-state index < -0.39 is 0 Å². The van der Waals surface area contributed by atoms with Gasteiger partial charge in [-0.05, 0) is 45.8 Å². The van der Waals surface area contributed by atoms with Crippen LogP contribution in [0.5, 0.6) is 0 Å². The number of hydrogen-bond donors (Lipinski definition) is 1. The van der Waals surface area contributed by atoms with E-state index in [2.05, 4.69) is 42.4 Å². The first-order valence-corrected chi connectivity index (χ1v) is 8.77. The van der Waals surface area contributed by atoms with E-state index in [0.29, 0.717) is 16.2 Å². The third kappa shape index (κ3) is 6.07. The molecule has 0 saturated carbocycles. The molecule has 0 aliphatic carbocycles. The van der Waals surface area contributed by atoms with Crippen LogP contribution in [-0.2, 0) is 10.5 Å². The largest absolute Gasteiger partial charge is 0.448 e. The van der Waals surface area contributed by atoms with Crippen LogP contribution in [0.1, 0.15) is 11.3 Å². The number of carbonyl (C=O) groups is 1. The highest BCUT2D eigenvalue weighted by Gasteiger charge is 2.01. The minimum absolute atomic E-state index is 0.140. The van der Waals surface area contributed by atoms with Gasteiger partial charge >= 0.3 is 0 Å². The molecular weight excluding hydrogens is 420 g/mol. The van der Waals surface area contributed by atoms with Crippen LogP contribution in [0.25, 0.3) is 0 Å². The van der Waals surface area contributed by atoms with Crippen LogP contribution in [-0.4, -0.2) is 17.9 Å². The first kappa shape index (κ1) is 16.3. The zero-order valence-corrected chi connectivity index (χ0v) is 14.9. The number of nitrogens with one attached hydrogen (secondary N) is 1. The predicted octanol–water partition coefficient (Wildman–Crippen LogP) is 4.19. The summed E-state index contributed by atoms with van der Waals surface area (Å²) in [6.45, 7) is 0. The molecule has 0 fully saturated rings. The van der Waals surface area contributed by atoms with Crippen LogP contribution in [0.3, 0.4) is 0 Å². The Bertz CT molecular complexity index is 626. The molecule has 0 radical (unpaired) electrons. The van der Waals surface area contributed by atoms with Crippen molar-refractivity contribution in [3.05, 3.63) is 56.9 Å². The van der Waals surface area contributed by atoms with Crippen LogP contribution in [0, 0.1) is 0 Å². The second-order valence-electron chi connectivity index (χ2n) is 4.05. The maximum Gasteiger partial charge on any atom is 0.250 e. The lowest BCUT2D eigenvalue weighted by atomic mass is 10.2. The van der Waals surface area contributed by atoms with Crippen molar-refractivity contribution in [2.24, 2.45) is 5.10 Å². The molecule has 21 heavy (non-hydrogen) atoms. The number of hydrogen-bond acceptors (Lipinski definition) is 4. The summed E-state index contributed by atoms with van der Waals surface area (Å²) in [4.78, 5) is 11.6. The molecule has 0 aliphatic rings.